The zero-order valence-electron chi connectivity index (χ0n) is 9.33. The van der Waals surface area contributed by atoms with E-state index in [2.05, 4.69) is 5.32 Å². The van der Waals surface area contributed by atoms with Crippen molar-refractivity contribution in [3.05, 3.63) is 35.6 Å². The molecule has 0 radical (unpaired) electrons. The van der Waals surface area contributed by atoms with Crippen molar-refractivity contribution in [3.63, 3.8) is 0 Å². The molecule has 0 aromatic heterocycles. The molecule has 1 saturated heterocycles. The lowest BCUT2D eigenvalue weighted by Crippen LogP contribution is -2.54. The highest BCUT2D eigenvalue weighted by molar-refractivity contribution is 5.26. The van der Waals surface area contributed by atoms with Crippen LogP contribution in [-0.4, -0.2) is 33.5 Å². The monoisotopic (exact) mass is 225 g/mol. The van der Waals surface area contributed by atoms with E-state index in [0.29, 0.717) is 19.8 Å². The third kappa shape index (κ3) is 2.24. The second-order valence-electron chi connectivity index (χ2n) is 4.00. The molecule has 16 heavy (non-hydrogen) atoms. The van der Waals surface area contributed by atoms with Gasteiger partial charge in [0, 0.05) is 13.7 Å². The Morgan fingerprint density at radius 1 is 1.44 bits per heavy atom. The normalized spacial score (nSPS) is 25.6. The highest BCUT2D eigenvalue weighted by atomic mass is 19.1. The van der Waals surface area contributed by atoms with Gasteiger partial charge in [-0.1, -0.05) is 12.1 Å². The first kappa shape index (κ1) is 11.5. The van der Waals surface area contributed by atoms with Gasteiger partial charge in [0.05, 0.1) is 25.4 Å². The van der Waals surface area contributed by atoms with Crippen molar-refractivity contribution in [1.82, 2.24) is 5.32 Å². The highest BCUT2D eigenvalue weighted by Crippen LogP contribution is 2.24. The number of halogens is 1. The fraction of sp³-hybridized carbons (Fsp3) is 0.500. The molecule has 0 amide bonds. The van der Waals surface area contributed by atoms with Crippen molar-refractivity contribution in [2.45, 2.75) is 5.54 Å². The molecule has 1 unspecified atom stereocenters. The van der Waals surface area contributed by atoms with Gasteiger partial charge in [-0.05, 0) is 17.7 Å². The van der Waals surface area contributed by atoms with E-state index in [4.69, 9.17) is 9.47 Å². The van der Waals surface area contributed by atoms with Crippen molar-refractivity contribution in [2.24, 2.45) is 0 Å². The summed E-state index contributed by atoms with van der Waals surface area (Å²) in [5, 5.41) is 3.40. The van der Waals surface area contributed by atoms with Crippen LogP contribution in [0.5, 0.6) is 0 Å². The molecule has 88 valence electrons. The smallest absolute Gasteiger partial charge is 0.123 e. The van der Waals surface area contributed by atoms with E-state index in [1.807, 2.05) is 0 Å². The third-order valence-corrected chi connectivity index (χ3v) is 2.85. The fourth-order valence-electron chi connectivity index (χ4n) is 2.04. The second-order valence-corrected chi connectivity index (χ2v) is 4.00. The molecule has 3 nitrogen and oxygen atoms in total. The van der Waals surface area contributed by atoms with E-state index in [9.17, 15) is 4.39 Å². The van der Waals surface area contributed by atoms with Gasteiger partial charge in [0.15, 0.2) is 0 Å². The van der Waals surface area contributed by atoms with Crippen molar-refractivity contribution >= 4 is 0 Å². The predicted octanol–water partition coefficient (Wildman–Crippen LogP) is 1.29. The molecule has 0 bridgehead atoms. The molecule has 4 heteroatoms. The Labute approximate surface area is 94.6 Å². The molecule has 0 saturated carbocycles. The molecular weight excluding hydrogens is 209 g/mol. The van der Waals surface area contributed by atoms with Crippen molar-refractivity contribution in [2.75, 3.05) is 33.5 Å². The fourth-order valence-corrected chi connectivity index (χ4v) is 2.04. The van der Waals surface area contributed by atoms with Crippen molar-refractivity contribution < 1.29 is 13.9 Å². The minimum absolute atomic E-state index is 0.229. The first-order valence-corrected chi connectivity index (χ1v) is 5.35. The Morgan fingerprint density at radius 3 is 2.75 bits per heavy atom. The molecule has 1 aliphatic rings. The van der Waals surface area contributed by atoms with Crippen LogP contribution >= 0.6 is 0 Å². The molecule has 1 fully saturated rings. The van der Waals surface area contributed by atoms with E-state index in [1.165, 1.54) is 12.1 Å². The van der Waals surface area contributed by atoms with Gasteiger partial charge in [-0.25, -0.2) is 4.39 Å². The first-order valence-electron chi connectivity index (χ1n) is 5.35. The molecule has 1 aromatic carbocycles. The highest BCUT2D eigenvalue weighted by Gasteiger charge is 2.34. The number of benzene rings is 1. The number of hydrogen-bond acceptors (Lipinski definition) is 3. The van der Waals surface area contributed by atoms with Gasteiger partial charge in [0.2, 0.25) is 0 Å². The maximum atomic E-state index is 12.9. The summed E-state index contributed by atoms with van der Waals surface area (Å²) in [5.74, 6) is -0.229. The van der Waals surface area contributed by atoms with Crippen LogP contribution in [0.4, 0.5) is 4.39 Å². The largest absolute Gasteiger partial charge is 0.382 e. The van der Waals surface area contributed by atoms with Crippen LogP contribution in [0.1, 0.15) is 5.56 Å². The summed E-state index contributed by atoms with van der Waals surface area (Å²) in [6, 6.07) is 6.47. The van der Waals surface area contributed by atoms with E-state index in [1.54, 1.807) is 19.2 Å². The van der Waals surface area contributed by atoms with E-state index in [0.717, 1.165) is 12.1 Å². The summed E-state index contributed by atoms with van der Waals surface area (Å²) in [5.41, 5.74) is 0.649. The minimum Gasteiger partial charge on any atom is -0.382 e. The van der Waals surface area contributed by atoms with Crippen molar-refractivity contribution in [3.8, 4) is 0 Å². The Hall–Kier alpha value is -0.970. The standard InChI is InChI=1S/C12H16FNO2/c1-15-8-12(9-16-7-6-14-12)10-2-4-11(13)5-3-10/h2-5,14H,6-9H2,1H3. The Kier molecular flexibility index (Phi) is 3.53. The summed E-state index contributed by atoms with van der Waals surface area (Å²) in [6.07, 6.45) is 0. The lowest BCUT2D eigenvalue weighted by Gasteiger charge is -2.38. The van der Waals surface area contributed by atoms with E-state index < -0.39 is 0 Å². The van der Waals surface area contributed by atoms with Gasteiger partial charge in [0.25, 0.3) is 0 Å². The summed E-state index contributed by atoms with van der Waals surface area (Å²) in [4.78, 5) is 0. The van der Waals surface area contributed by atoms with Crippen molar-refractivity contribution in [1.29, 1.82) is 0 Å². The maximum absolute atomic E-state index is 12.9. The Balaban J connectivity index is 2.26. The second kappa shape index (κ2) is 4.91. The molecule has 1 atom stereocenters. The molecule has 0 spiro atoms. The van der Waals surface area contributed by atoms with Gasteiger partial charge in [-0.2, -0.15) is 0 Å². The SMILES string of the molecule is COCC1(c2ccc(F)cc2)COCCN1. The van der Waals surface area contributed by atoms with Crippen LogP contribution in [0.2, 0.25) is 0 Å². The molecular formula is C12H16FNO2. The number of rotatable bonds is 3. The summed E-state index contributed by atoms with van der Waals surface area (Å²) >= 11 is 0. The van der Waals surface area contributed by atoms with Gasteiger partial charge >= 0.3 is 0 Å². The van der Waals surface area contributed by atoms with Crippen LogP contribution in [-0.2, 0) is 15.0 Å². The minimum atomic E-state index is -0.347. The zero-order valence-corrected chi connectivity index (χ0v) is 9.33. The van der Waals surface area contributed by atoms with Gasteiger partial charge in [-0.3, -0.25) is 0 Å². The lowest BCUT2D eigenvalue weighted by atomic mass is 9.90. The molecule has 0 aliphatic carbocycles. The van der Waals surface area contributed by atoms with Gasteiger partial charge in [-0.15, -0.1) is 0 Å². The van der Waals surface area contributed by atoms with Crippen LogP contribution < -0.4 is 5.32 Å². The van der Waals surface area contributed by atoms with Crippen LogP contribution in [0.15, 0.2) is 24.3 Å². The molecule has 1 aliphatic heterocycles. The maximum Gasteiger partial charge on any atom is 0.123 e. The number of morpholine rings is 1. The number of nitrogens with one attached hydrogen (secondary N) is 1. The average molecular weight is 225 g/mol. The summed E-state index contributed by atoms with van der Waals surface area (Å²) < 4.78 is 23.6. The van der Waals surface area contributed by atoms with E-state index >= 15 is 0 Å². The number of ether oxygens (including phenoxy) is 2. The molecule has 1 aromatic rings. The first-order chi connectivity index (χ1) is 7.77. The van der Waals surface area contributed by atoms with Gasteiger partial charge in [0.1, 0.15) is 5.82 Å². The van der Waals surface area contributed by atoms with Crippen LogP contribution in [0, 0.1) is 5.82 Å². The number of methoxy groups -OCH3 is 1. The Morgan fingerprint density at radius 2 is 2.19 bits per heavy atom. The topological polar surface area (TPSA) is 30.5 Å². The zero-order chi connectivity index (χ0) is 11.4. The van der Waals surface area contributed by atoms with Crippen LogP contribution in [0.25, 0.3) is 0 Å². The Bertz CT molecular complexity index is 328. The van der Waals surface area contributed by atoms with Gasteiger partial charge < -0.3 is 14.8 Å². The van der Waals surface area contributed by atoms with Crippen LogP contribution in [0.3, 0.4) is 0 Å². The quantitative estimate of drug-likeness (QED) is 0.840. The summed E-state index contributed by atoms with van der Waals surface area (Å²) in [7, 11) is 1.65. The lowest BCUT2D eigenvalue weighted by molar-refractivity contribution is -0.0147. The number of hydrogen-bond donors (Lipinski definition) is 1. The molecule has 2 rings (SSSR count). The van der Waals surface area contributed by atoms with E-state index in [-0.39, 0.29) is 11.4 Å². The predicted molar refractivity (Wildman–Crippen MR) is 58.8 cm³/mol. The molecule has 1 N–H and O–H groups in total. The third-order valence-electron chi connectivity index (χ3n) is 2.85. The average Bonchev–Trinajstić information content (AvgIpc) is 2.31. The summed E-state index contributed by atoms with van der Waals surface area (Å²) in [6.45, 7) is 2.54. The molecule has 1 heterocycles.